The summed E-state index contributed by atoms with van der Waals surface area (Å²) in [5.74, 6) is 0.920. The summed E-state index contributed by atoms with van der Waals surface area (Å²) < 4.78 is 15.9. The molecule has 3 rings (SSSR count). The quantitative estimate of drug-likeness (QED) is 0.648. The maximum absolute atomic E-state index is 13.2. The number of aromatic amines is 1. The Balaban J connectivity index is 1.62. The highest BCUT2D eigenvalue weighted by Crippen LogP contribution is 2.28. The molecule has 0 saturated carbocycles. The number of H-pyrrole nitrogens is 1. The maximum Gasteiger partial charge on any atom is 0.246 e. The van der Waals surface area contributed by atoms with Crippen molar-refractivity contribution < 1.29 is 9.18 Å². The van der Waals surface area contributed by atoms with Gasteiger partial charge in [0.05, 0.1) is 0 Å². The monoisotopic (exact) mass is 374 g/mol. The summed E-state index contributed by atoms with van der Waals surface area (Å²) in [6.45, 7) is 5.53. The summed E-state index contributed by atoms with van der Waals surface area (Å²) in [4.78, 5) is 14.2. The summed E-state index contributed by atoms with van der Waals surface area (Å²) in [5, 5.41) is 7.29. The Morgan fingerprint density at radius 3 is 2.77 bits per heavy atom. The molecule has 0 aliphatic carbocycles. The van der Waals surface area contributed by atoms with Crippen LogP contribution in [-0.4, -0.2) is 38.7 Å². The number of aromatic nitrogens is 3. The Morgan fingerprint density at radius 1 is 1.38 bits per heavy atom. The molecule has 26 heavy (non-hydrogen) atoms. The highest BCUT2D eigenvalue weighted by molar-refractivity contribution is 7.71. The van der Waals surface area contributed by atoms with E-state index in [1.807, 2.05) is 4.90 Å². The SMILES string of the molecule is CC(C)n1c(C2CCN(C(=O)C=Cc3cccc(F)c3)CC2)n[nH]c1=S. The van der Waals surface area contributed by atoms with Gasteiger partial charge >= 0.3 is 0 Å². The number of piperidine rings is 1. The summed E-state index contributed by atoms with van der Waals surface area (Å²) >= 11 is 5.32. The van der Waals surface area contributed by atoms with Crippen molar-refractivity contribution in [1.29, 1.82) is 0 Å². The number of amides is 1. The Hall–Kier alpha value is -2.28. The predicted molar refractivity (Wildman–Crippen MR) is 102 cm³/mol. The zero-order valence-electron chi connectivity index (χ0n) is 15.0. The van der Waals surface area contributed by atoms with Crippen molar-refractivity contribution in [2.24, 2.45) is 0 Å². The second kappa shape index (κ2) is 7.95. The minimum atomic E-state index is -0.306. The molecule has 1 aromatic carbocycles. The molecule has 0 unspecified atom stereocenters. The maximum atomic E-state index is 13.2. The molecule has 1 aliphatic heterocycles. The van der Waals surface area contributed by atoms with E-state index in [-0.39, 0.29) is 17.8 Å². The molecule has 0 bridgehead atoms. The second-order valence-electron chi connectivity index (χ2n) is 6.84. The van der Waals surface area contributed by atoms with Crippen molar-refractivity contribution in [3.63, 3.8) is 0 Å². The number of halogens is 1. The molecule has 1 N–H and O–H groups in total. The largest absolute Gasteiger partial charge is 0.339 e. The number of carbonyl (C=O) groups excluding carboxylic acids is 1. The Bertz CT molecular complexity index is 862. The first-order valence-corrected chi connectivity index (χ1v) is 9.26. The van der Waals surface area contributed by atoms with Crippen molar-refractivity contribution in [3.8, 4) is 0 Å². The average Bonchev–Trinajstić information content (AvgIpc) is 3.01. The molecule has 5 nitrogen and oxygen atoms in total. The molecule has 2 aromatic rings. The van der Waals surface area contributed by atoms with Gasteiger partial charge in [-0.1, -0.05) is 12.1 Å². The van der Waals surface area contributed by atoms with Crippen LogP contribution in [0.5, 0.6) is 0 Å². The van der Waals surface area contributed by atoms with E-state index >= 15 is 0 Å². The Labute approximate surface area is 157 Å². The lowest BCUT2D eigenvalue weighted by Gasteiger charge is -2.31. The fourth-order valence-electron chi connectivity index (χ4n) is 3.35. The smallest absolute Gasteiger partial charge is 0.246 e. The molecule has 7 heteroatoms. The van der Waals surface area contributed by atoms with Gasteiger partial charge in [-0.2, -0.15) is 5.10 Å². The van der Waals surface area contributed by atoms with Crippen LogP contribution >= 0.6 is 12.2 Å². The van der Waals surface area contributed by atoms with E-state index in [2.05, 4.69) is 28.6 Å². The van der Waals surface area contributed by atoms with E-state index in [1.54, 1.807) is 18.2 Å². The predicted octanol–water partition coefficient (Wildman–Crippen LogP) is 4.08. The number of likely N-dealkylation sites (tertiary alicyclic amines) is 1. The van der Waals surface area contributed by atoms with Crippen LogP contribution in [0.2, 0.25) is 0 Å². The lowest BCUT2D eigenvalue weighted by molar-refractivity contribution is -0.127. The molecule has 1 amide bonds. The second-order valence-corrected chi connectivity index (χ2v) is 7.23. The van der Waals surface area contributed by atoms with Crippen molar-refractivity contribution >= 4 is 24.2 Å². The topological polar surface area (TPSA) is 53.9 Å². The molecule has 0 radical (unpaired) electrons. The van der Waals surface area contributed by atoms with Gasteiger partial charge < -0.3 is 9.47 Å². The van der Waals surface area contributed by atoms with Gasteiger partial charge in [0.2, 0.25) is 5.91 Å². The molecule has 1 aliphatic rings. The number of nitrogens with one attached hydrogen (secondary N) is 1. The molecular formula is C19H23FN4OS. The van der Waals surface area contributed by atoms with Crippen LogP contribution in [0.4, 0.5) is 4.39 Å². The van der Waals surface area contributed by atoms with E-state index in [1.165, 1.54) is 18.2 Å². The molecule has 0 spiro atoms. The first kappa shape index (κ1) is 18.5. The summed E-state index contributed by atoms with van der Waals surface area (Å²) in [5.41, 5.74) is 0.681. The number of benzene rings is 1. The minimum absolute atomic E-state index is 0.0459. The van der Waals surface area contributed by atoms with E-state index in [4.69, 9.17) is 12.2 Å². The number of nitrogens with zero attached hydrogens (tertiary/aromatic N) is 3. The number of rotatable bonds is 4. The van der Waals surface area contributed by atoms with E-state index in [0.29, 0.717) is 29.3 Å². The molecule has 0 atom stereocenters. The van der Waals surface area contributed by atoms with E-state index in [0.717, 1.165) is 18.7 Å². The van der Waals surface area contributed by atoms with Crippen LogP contribution in [0.15, 0.2) is 30.3 Å². The van der Waals surface area contributed by atoms with Gasteiger partial charge in [0, 0.05) is 31.1 Å². The van der Waals surface area contributed by atoms with Gasteiger partial charge in [-0.15, -0.1) is 0 Å². The van der Waals surface area contributed by atoms with Gasteiger partial charge in [-0.25, -0.2) is 4.39 Å². The van der Waals surface area contributed by atoms with Crippen molar-refractivity contribution in [1.82, 2.24) is 19.7 Å². The third-order valence-corrected chi connectivity index (χ3v) is 4.97. The zero-order valence-corrected chi connectivity index (χ0v) is 15.8. The van der Waals surface area contributed by atoms with Crippen LogP contribution in [0.1, 0.15) is 50.0 Å². The van der Waals surface area contributed by atoms with Crippen molar-refractivity contribution in [2.75, 3.05) is 13.1 Å². The van der Waals surface area contributed by atoms with Crippen LogP contribution < -0.4 is 0 Å². The van der Waals surface area contributed by atoms with Crippen molar-refractivity contribution in [3.05, 3.63) is 52.3 Å². The van der Waals surface area contributed by atoms with Crippen molar-refractivity contribution in [2.45, 2.75) is 38.6 Å². The van der Waals surface area contributed by atoms with E-state index < -0.39 is 0 Å². The van der Waals surface area contributed by atoms with Gasteiger partial charge in [0.15, 0.2) is 4.77 Å². The number of carbonyl (C=O) groups is 1. The van der Waals surface area contributed by atoms with Crippen LogP contribution in [-0.2, 0) is 4.79 Å². The first-order valence-electron chi connectivity index (χ1n) is 8.85. The molecule has 1 aromatic heterocycles. The third-order valence-electron chi connectivity index (χ3n) is 4.69. The Morgan fingerprint density at radius 2 is 2.12 bits per heavy atom. The lowest BCUT2D eigenvalue weighted by atomic mass is 9.95. The fraction of sp³-hybridized carbons (Fsp3) is 0.421. The third kappa shape index (κ3) is 4.09. The summed E-state index contributed by atoms with van der Waals surface area (Å²) in [7, 11) is 0. The number of hydrogen-bond acceptors (Lipinski definition) is 3. The van der Waals surface area contributed by atoms with Gasteiger partial charge in [0.1, 0.15) is 11.6 Å². The van der Waals surface area contributed by atoms with Crippen LogP contribution in [0.25, 0.3) is 6.08 Å². The standard InChI is InChI=1S/C19H23FN4OS/c1-13(2)24-18(21-22-19(24)26)15-8-10-23(11-9-15)17(25)7-6-14-4-3-5-16(20)12-14/h3-7,12-13,15H,8-11H2,1-2H3,(H,22,26). The minimum Gasteiger partial charge on any atom is -0.339 e. The molecule has 2 heterocycles. The Kier molecular flexibility index (Phi) is 5.66. The highest BCUT2D eigenvalue weighted by Gasteiger charge is 2.26. The zero-order chi connectivity index (χ0) is 18.7. The lowest BCUT2D eigenvalue weighted by Crippen LogP contribution is -2.37. The molecule has 1 saturated heterocycles. The molecule has 138 valence electrons. The first-order chi connectivity index (χ1) is 12.5. The fourth-order valence-corrected chi connectivity index (χ4v) is 3.70. The van der Waals surface area contributed by atoms with Crippen LogP contribution in [0.3, 0.4) is 0 Å². The average molecular weight is 374 g/mol. The normalized spacial score (nSPS) is 15.9. The van der Waals surface area contributed by atoms with Gasteiger partial charge in [0.25, 0.3) is 0 Å². The highest BCUT2D eigenvalue weighted by atomic mass is 32.1. The summed E-state index contributed by atoms with van der Waals surface area (Å²) in [6.07, 6.45) is 4.87. The van der Waals surface area contributed by atoms with Gasteiger partial charge in [-0.3, -0.25) is 9.89 Å². The van der Waals surface area contributed by atoms with E-state index in [9.17, 15) is 9.18 Å². The number of hydrogen-bond donors (Lipinski definition) is 1. The molecule has 1 fully saturated rings. The molecular weight excluding hydrogens is 351 g/mol. The van der Waals surface area contributed by atoms with Gasteiger partial charge in [-0.05, 0) is 62.7 Å². The van der Waals surface area contributed by atoms with Crippen LogP contribution in [0, 0.1) is 10.6 Å². The summed E-state index contributed by atoms with van der Waals surface area (Å²) in [6, 6.07) is 6.45.